The number of nitrogens with zero attached hydrogens (tertiary/aromatic N) is 3. The van der Waals surface area contributed by atoms with Crippen LogP contribution in [0.15, 0.2) is 30.6 Å². The molecular formula is C12H9ClN4O. The molecule has 0 amide bonds. The molecule has 0 aliphatic carbocycles. The first-order chi connectivity index (χ1) is 8.72. The molecule has 0 bridgehead atoms. The number of hydrogen-bond donors (Lipinski definition) is 1. The Morgan fingerprint density at radius 3 is 2.83 bits per heavy atom. The molecule has 1 N–H and O–H groups in total. The Hall–Kier alpha value is -2.32. The molecule has 0 aliphatic heterocycles. The van der Waals surface area contributed by atoms with Crippen molar-refractivity contribution in [1.29, 1.82) is 5.26 Å². The van der Waals surface area contributed by atoms with Crippen LogP contribution in [0.5, 0.6) is 5.75 Å². The summed E-state index contributed by atoms with van der Waals surface area (Å²) in [5, 5.41) is 12.3. The summed E-state index contributed by atoms with van der Waals surface area (Å²) in [6.45, 7) is 0. The number of methoxy groups -OCH3 is 1. The van der Waals surface area contributed by atoms with E-state index in [0.717, 1.165) is 5.69 Å². The third-order valence-corrected chi connectivity index (χ3v) is 2.50. The van der Waals surface area contributed by atoms with Crippen LogP contribution in [0.25, 0.3) is 0 Å². The van der Waals surface area contributed by atoms with E-state index in [1.54, 1.807) is 31.4 Å². The summed E-state index contributed by atoms with van der Waals surface area (Å²) in [7, 11) is 1.55. The highest BCUT2D eigenvalue weighted by Gasteiger charge is 2.03. The van der Waals surface area contributed by atoms with Crippen LogP contribution in [0.1, 0.15) is 5.69 Å². The molecule has 0 atom stereocenters. The maximum absolute atomic E-state index is 8.73. The van der Waals surface area contributed by atoms with Gasteiger partial charge in [0.05, 0.1) is 12.1 Å². The molecule has 1 aromatic carbocycles. The van der Waals surface area contributed by atoms with Gasteiger partial charge in [-0.3, -0.25) is 0 Å². The van der Waals surface area contributed by atoms with E-state index in [9.17, 15) is 0 Å². The van der Waals surface area contributed by atoms with E-state index in [4.69, 9.17) is 21.6 Å². The first-order valence-corrected chi connectivity index (χ1v) is 5.43. The summed E-state index contributed by atoms with van der Waals surface area (Å²) in [6.07, 6.45) is 1.33. The van der Waals surface area contributed by atoms with Gasteiger partial charge in [0.1, 0.15) is 29.7 Å². The van der Waals surface area contributed by atoms with Crippen LogP contribution >= 0.6 is 11.6 Å². The van der Waals surface area contributed by atoms with Gasteiger partial charge in [-0.05, 0) is 18.2 Å². The normalized spacial score (nSPS) is 9.61. The predicted octanol–water partition coefficient (Wildman–Crippen LogP) is 2.75. The molecule has 0 saturated carbocycles. The highest BCUT2D eigenvalue weighted by atomic mass is 35.5. The summed E-state index contributed by atoms with van der Waals surface area (Å²) in [4.78, 5) is 7.79. The van der Waals surface area contributed by atoms with Crippen molar-refractivity contribution in [1.82, 2.24) is 9.97 Å². The molecule has 0 aliphatic rings. The number of anilines is 2. The van der Waals surface area contributed by atoms with Crippen LogP contribution in [-0.4, -0.2) is 17.1 Å². The first kappa shape index (κ1) is 12.1. The highest BCUT2D eigenvalue weighted by Crippen LogP contribution is 2.28. The van der Waals surface area contributed by atoms with Crippen LogP contribution in [-0.2, 0) is 0 Å². The lowest BCUT2D eigenvalue weighted by atomic mass is 10.3. The number of ether oxygens (including phenoxy) is 1. The van der Waals surface area contributed by atoms with Crippen molar-refractivity contribution in [2.75, 3.05) is 12.4 Å². The number of benzene rings is 1. The van der Waals surface area contributed by atoms with Crippen LogP contribution in [0, 0.1) is 11.3 Å². The van der Waals surface area contributed by atoms with E-state index in [1.807, 2.05) is 6.07 Å². The molecule has 0 unspecified atom stereocenters. The molecule has 1 aromatic heterocycles. The summed E-state index contributed by atoms with van der Waals surface area (Å²) >= 11 is 6.00. The van der Waals surface area contributed by atoms with E-state index in [2.05, 4.69) is 15.3 Å². The van der Waals surface area contributed by atoms with Crippen LogP contribution in [0.2, 0.25) is 5.02 Å². The smallest absolute Gasteiger partial charge is 0.145 e. The van der Waals surface area contributed by atoms with Crippen molar-refractivity contribution < 1.29 is 4.74 Å². The number of halogens is 1. The Bertz CT molecular complexity index is 609. The van der Waals surface area contributed by atoms with Crippen molar-refractivity contribution in [3.63, 3.8) is 0 Å². The maximum Gasteiger partial charge on any atom is 0.145 e. The van der Waals surface area contributed by atoms with Gasteiger partial charge in [0.2, 0.25) is 0 Å². The minimum absolute atomic E-state index is 0.298. The molecule has 90 valence electrons. The largest absolute Gasteiger partial charge is 0.495 e. The maximum atomic E-state index is 8.73. The van der Waals surface area contributed by atoms with Crippen LogP contribution in [0.3, 0.4) is 0 Å². The summed E-state index contributed by atoms with van der Waals surface area (Å²) in [5.41, 5.74) is 1.05. The molecule has 0 spiro atoms. The Kier molecular flexibility index (Phi) is 3.60. The fourth-order valence-corrected chi connectivity index (χ4v) is 1.64. The summed E-state index contributed by atoms with van der Waals surface area (Å²) < 4.78 is 5.06. The van der Waals surface area contributed by atoms with Crippen LogP contribution < -0.4 is 10.1 Å². The van der Waals surface area contributed by atoms with Gasteiger partial charge in [0.15, 0.2) is 0 Å². The number of aromatic nitrogens is 2. The zero-order chi connectivity index (χ0) is 13.0. The van der Waals surface area contributed by atoms with Gasteiger partial charge < -0.3 is 10.1 Å². The van der Waals surface area contributed by atoms with E-state index in [-0.39, 0.29) is 0 Å². The van der Waals surface area contributed by atoms with E-state index in [1.165, 1.54) is 6.33 Å². The third kappa shape index (κ3) is 2.67. The second-order valence-corrected chi connectivity index (χ2v) is 3.78. The predicted molar refractivity (Wildman–Crippen MR) is 68.0 cm³/mol. The second kappa shape index (κ2) is 5.34. The molecule has 0 radical (unpaired) electrons. The average molecular weight is 261 g/mol. The molecule has 1 heterocycles. The molecule has 0 fully saturated rings. The Morgan fingerprint density at radius 2 is 2.17 bits per heavy atom. The molecule has 6 heteroatoms. The number of rotatable bonds is 3. The number of hydrogen-bond acceptors (Lipinski definition) is 5. The summed E-state index contributed by atoms with van der Waals surface area (Å²) in [5.74, 6) is 1.13. The zero-order valence-corrected chi connectivity index (χ0v) is 10.3. The van der Waals surface area contributed by atoms with Gasteiger partial charge in [0, 0.05) is 11.8 Å². The lowest BCUT2D eigenvalue weighted by molar-refractivity contribution is 0.415. The van der Waals surface area contributed by atoms with E-state index in [0.29, 0.717) is 22.3 Å². The SMILES string of the molecule is COc1ccc(Nc2cc(C#N)ncn2)cc1Cl. The molecule has 0 saturated heterocycles. The molecule has 5 nitrogen and oxygen atoms in total. The molecular weight excluding hydrogens is 252 g/mol. The average Bonchev–Trinajstić information content (AvgIpc) is 2.39. The molecule has 2 rings (SSSR count). The molecule has 2 aromatic rings. The minimum Gasteiger partial charge on any atom is -0.495 e. The molecule has 18 heavy (non-hydrogen) atoms. The van der Waals surface area contributed by atoms with E-state index >= 15 is 0 Å². The zero-order valence-electron chi connectivity index (χ0n) is 9.51. The fraction of sp³-hybridized carbons (Fsp3) is 0.0833. The Morgan fingerprint density at radius 1 is 1.33 bits per heavy atom. The third-order valence-electron chi connectivity index (χ3n) is 2.21. The van der Waals surface area contributed by atoms with Gasteiger partial charge in [-0.2, -0.15) is 5.26 Å². The first-order valence-electron chi connectivity index (χ1n) is 5.05. The fourth-order valence-electron chi connectivity index (χ4n) is 1.38. The van der Waals surface area contributed by atoms with Gasteiger partial charge in [0.25, 0.3) is 0 Å². The van der Waals surface area contributed by atoms with Gasteiger partial charge in [-0.15, -0.1) is 0 Å². The monoisotopic (exact) mass is 260 g/mol. The summed E-state index contributed by atoms with van der Waals surface area (Å²) in [6, 6.07) is 8.77. The van der Waals surface area contributed by atoms with Crippen molar-refractivity contribution in [3.05, 3.63) is 41.3 Å². The Balaban J connectivity index is 2.23. The van der Waals surface area contributed by atoms with Crippen molar-refractivity contribution in [3.8, 4) is 11.8 Å². The second-order valence-electron chi connectivity index (χ2n) is 3.37. The minimum atomic E-state index is 0.298. The van der Waals surface area contributed by atoms with Crippen molar-refractivity contribution >= 4 is 23.1 Å². The van der Waals surface area contributed by atoms with Gasteiger partial charge >= 0.3 is 0 Å². The van der Waals surface area contributed by atoms with Crippen molar-refractivity contribution in [2.45, 2.75) is 0 Å². The topological polar surface area (TPSA) is 70.8 Å². The highest BCUT2D eigenvalue weighted by molar-refractivity contribution is 6.32. The van der Waals surface area contributed by atoms with Gasteiger partial charge in [-0.25, -0.2) is 9.97 Å². The van der Waals surface area contributed by atoms with Gasteiger partial charge in [-0.1, -0.05) is 11.6 Å². The number of nitriles is 1. The van der Waals surface area contributed by atoms with E-state index < -0.39 is 0 Å². The quantitative estimate of drug-likeness (QED) is 0.919. The Labute approximate surface area is 109 Å². The standard InChI is InChI=1S/C12H9ClN4O/c1-18-11-3-2-8(4-10(11)13)17-12-5-9(6-14)15-7-16-12/h2-5,7H,1H3,(H,15,16,17). The van der Waals surface area contributed by atoms with Crippen LogP contribution in [0.4, 0.5) is 11.5 Å². The lowest BCUT2D eigenvalue weighted by Crippen LogP contribution is -1.96. The van der Waals surface area contributed by atoms with Crippen molar-refractivity contribution in [2.24, 2.45) is 0 Å². The number of nitrogens with one attached hydrogen (secondary N) is 1. The lowest BCUT2D eigenvalue weighted by Gasteiger charge is -2.08.